The zero-order chi connectivity index (χ0) is 13.7. The Bertz CT molecular complexity index is 714. The molecule has 1 aromatic carbocycles. The minimum Gasteiger partial charge on any atom is -0.460 e. The van der Waals surface area contributed by atoms with Crippen LogP contribution in [0.15, 0.2) is 21.3 Å². The maximum atomic E-state index is 13.6. The molecule has 0 spiro atoms. The molecule has 2 aromatic rings. The largest absolute Gasteiger partial charge is 0.460 e. The molecular formula is C15H16FNO2. The molecule has 19 heavy (non-hydrogen) atoms. The van der Waals surface area contributed by atoms with Crippen LogP contribution in [-0.4, -0.2) is 0 Å². The zero-order valence-corrected chi connectivity index (χ0v) is 11.0. The molecule has 1 aliphatic carbocycles. The van der Waals surface area contributed by atoms with Crippen molar-refractivity contribution in [1.82, 2.24) is 0 Å². The van der Waals surface area contributed by atoms with Crippen molar-refractivity contribution in [1.29, 1.82) is 0 Å². The Morgan fingerprint density at radius 2 is 2.11 bits per heavy atom. The monoisotopic (exact) mass is 261 g/mol. The molecule has 1 fully saturated rings. The second-order valence-corrected chi connectivity index (χ2v) is 5.36. The number of benzene rings is 1. The van der Waals surface area contributed by atoms with Gasteiger partial charge in [0.2, 0.25) is 0 Å². The van der Waals surface area contributed by atoms with Gasteiger partial charge < -0.3 is 10.2 Å². The smallest absolute Gasteiger partial charge is 0.195 e. The molecule has 1 heterocycles. The molecule has 1 aromatic heterocycles. The summed E-state index contributed by atoms with van der Waals surface area (Å²) in [6.45, 7) is 3.50. The first-order chi connectivity index (χ1) is 8.99. The van der Waals surface area contributed by atoms with Crippen molar-refractivity contribution in [3.63, 3.8) is 0 Å². The highest BCUT2D eigenvalue weighted by molar-refractivity contribution is 5.81. The molecule has 4 heteroatoms. The molecule has 0 bridgehead atoms. The van der Waals surface area contributed by atoms with Gasteiger partial charge in [0.15, 0.2) is 5.43 Å². The third-order valence-electron chi connectivity index (χ3n) is 3.69. The molecule has 1 atom stereocenters. The van der Waals surface area contributed by atoms with Crippen molar-refractivity contribution < 1.29 is 8.81 Å². The highest BCUT2D eigenvalue weighted by Gasteiger charge is 2.30. The average molecular weight is 261 g/mol. The Labute approximate surface area is 110 Å². The summed E-state index contributed by atoms with van der Waals surface area (Å²) >= 11 is 0. The number of fused-ring (bicyclic) bond motifs is 1. The van der Waals surface area contributed by atoms with Gasteiger partial charge in [-0.1, -0.05) is 0 Å². The molecule has 1 aliphatic rings. The first-order valence-corrected chi connectivity index (χ1v) is 6.51. The SMILES string of the molecule is Cc1c(C2CC2)oc2c(C(C)N)cc(F)cc2c1=O. The van der Waals surface area contributed by atoms with E-state index in [1.54, 1.807) is 13.8 Å². The lowest BCUT2D eigenvalue weighted by molar-refractivity contribution is 0.524. The summed E-state index contributed by atoms with van der Waals surface area (Å²) in [4.78, 5) is 12.3. The Morgan fingerprint density at radius 1 is 1.42 bits per heavy atom. The Hall–Kier alpha value is -1.68. The third-order valence-corrected chi connectivity index (χ3v) is 3.69. The molecular weight excluding hydrogens is 245 g/mol. The molecule has 3 nitrogen and oxygen atoms in total. The summed E-state index contributed by atoms with van der Waals surface area (Å²) in [5.74, 6) is 0.625. The zero-order valence-electron chi connectivity index (χ0n) is 11.0. The van der Waals surface area contributed by atoms with E-state index >= 15 is 0 Å². The first-order valence-electron chi connectivity index (χ1n) is 6.51. The topological polar surface area (TPSA) is 56.2 Å². The number of halogens is 1. The van der Waals surface area contributed by atoms with Crippen LogP contribution in [0.3, 0.4) is 0 Å². The van der Waals surface area contributed by atoms with E-state index in [9.17, 15) is 9.18 Å². The Kier molecular flexibility index (Phi) is 2.71. The maximum absolute atomic E-state index is 13.6. The molecule has 0 amide bonds. The fourth-order valence-corrected chi connectivity index (χ4v) is 2.47. The molecule has 0 aliphatic heterocycles. The predicted molar refractivity (Wildman–Crippen MR) is 71.8 cm³/mol. The second kappa shape index (κ2) is 4.17. The highest BCUT2D eigenvalue weighted by Crippen LogP contribution is 2.42. The van der Waals surface area contributed by atoms with Gasteiger partial charge in [-0.15, -0.1) is 0 Å². The van der Waals surface area contributed by atoms with Crippen LogP contribution in [0, 0.1) is 12.7 Å². The molecule has 0 radical (unpaired) electrons. The van der Waals surface area contributed by atoms with Gasteiger partial charge >= 0.3 is 0 Å². The maximum Gasteiger partial charge on any atom is 0.195 e. The number of hydrogen-bond acceptors (Lipinski definition) is 3. The van der Waals surface area contributed by atoms with Crippen LogP contribution >= 0.6 is 0 Å². The minimum absolute atomic E-state index is 0.149. The fourth-order valence-electron chi connectivity index (χ4n) is 2.47. The van der Waals surface area contributed by atoms with Crippen molar-refractivity contribution in [3.8, 4) is 0 Å². The van der Waals surface area contributed by atoms with Crippen molar-refractivity contribution >= 4 is 11.0 Å². The minimum atomic E-state index is -0.453. The normalized spacial score (nSPS) is 16.8. The number of hydrogen-bond donors (Lipinski definition) is 1. The molecule has 3 rings (SSSR count). The van der Waals surface area contributed by atoms with Crippen LogP contribution in [-0.2, 0) is 0 Å². The Morgan fingerprint density at radius 3 is 2.68 bits per heavy atom. The van der Waals surface area contributed by atoms with Crippen LogP contribution < -0.4 is 11.2 Å². The van der Waals surface area contributed by atoms with Crippen molar-refractivity contribution in [2.75, 3.05) is 0 Å². The standard InChI is InChI=1S/C15H16FNO2/c1-7-13(18)12-6-10(16)5-11(8(2)17)15(12)19-14(7)9-3-4-9/h5-6,8-9H,3-4,17H2,1-2H3. The van der Waals surface area contributed by atoms with Crippen LogP contribution in [0.5, 0.6) is 0 Å². The highest BCUT2D eigenvalue weighted by atomic mass is 19.1. The summed E-state index contributed by atoms with van der Waals surface area (Å²) in [6, 6.07) is 2.20. The first kappa shape index (κ1) is 12.4. The summed E-state index contributed by atoms with van der Waals surface area (Å²) in [5.41, 5.74) is 7.28. The van der Waals surface area contributed by atoms with Gasteiger partial charge in [-0.05, 0) is 38.8 Å². The van der Waals surface area contributed by atoms with Crippen molar-refractivity contribution in [2.45, 2.75) is 38.6 Å². The summed E-state index contributed by atoms with van der Waals surface area (Å²) in [7, 11) is 0. The van der Waals surface area contributed by atoms with Crippen LogP contribution in [0.4, 0.5) is 4.39 Å². The molecule has 100 valence electrons. The lowest BCUT2D eigenvalue weighted by Gasteiger charge is -2.12. The summed E-state index contributed by atoms with van der Waals surface area (Å²) in [6.07, 6.45) is 2.09. The quantitative estimate of drug-likeness (QED) is 0.903. The Balaban J connectivity index is 2.41. The molecule has 2 N–H and O–H groups in total. The van der Waals surface area contributed by atoms with E-state index < -0.39 is 5.82 Å². The summed E-state index contributed by atoms with van der Waals surface area (Å²) < 4.78 is 19.5. The lowest BCUT2D eigenvalue weighted by atomic mass is 10.0. The van der Waals surface area contributed by atoms with Crippen molar-refractivity contribution in [2.24, 2.45) is 5.73 Å². The van der Waals surface area contributed by atoms with E-state index in [1.807, 2.05) is 0 Å². The number of nitrogens with two attached hydrogens (primary N) is 1. The number of rotatable bonds is 2. The van der Waals surface area contributed by atoms with Gasteiger partial charge in [-0.3, -0.25) is 4.79 Å². The van der Waals surface area contributed by atoms with Crippen LogP contribution in [0.1, 0.15) is 48.6 Å². The predicted octanol–water partition coefficient (Wildman–Crippen LogP) is 3.14. The molecule has 0 saturated heterocycles. The van der Waals surface area contributed by atoms with E-state index in [0.717, 1.165) is 18.6 Å². The van der Waals surface area contributed by atoms with Gasteiger partial charge in [0.1, 0.15) is 17.2 Å². The average Bonchev–Trinajstić information content (AvgIpc) is 3.17. The van der Waals surface area contributed by atoms with E-state index in [1.165, 1.54) is 12.1 Å². The molecule has 1 saturated carbocycles. The van der Waals surface area contributed by atoms with Gasteiger partial charge in [0.05, 0.1) is 5.39 Å². The van der Waals surface area contributed by atoms with Gasteiger partial charge in [-0.2, -0.15) is 0 Å². The van der Waals surface area contributed by atoms with Crippen molar-refractivity contribution in [3.05, 3.63) is 45.1 Å². The third kappa shape index (κ3) is 1.96. The van der Waals surface area contributed by atoms with Gasteiger partial charge in [-0.25, -0.2) is 4.39 Å². The van der Waals surface area contributed by atoms with Crippen LogP contribution in [0.25, 0.3) is 11.0 Å². The lowest BCUT2D eigenvalue weighted by Crippen LogP contribution is -2.13. The van der Waals surface area contributed by atoms with Gasteiger partial charge in [0, 0.05) is 23.1 Å². The van der Waals surface area contributed by atoms with E-state index in [0.29, 0.717) is 22.6 Å². The fraction of sp³-hybridized carbons (Fsp3) is 0.400. The molecule has 1 unspecified atom stereocenters. The van der Waals surface area contributed by atoms with Crippen LogP contribution in [0.2, 0.25) is 0 Å². The van der Waals surface area contributed by atoms with E-state index in [2.05, 4.69) is 0 Å². The van der Waals surface area contributed by atoms with E-state index in [-0.39, 0.29) is 16.9 Å². The van der Waals surface area contributed by atoms with Gasteiger partial charge in [0.25, 0.3) is 0 Å². The summed E-state index contributed by atoms with van der Waals surface area (Å²) in [5, 5.41) is 0.286. The second-order valence-electron chi connectivity index (χ2n) is 5.36. The van der Waals surface area contributed by atoms with E-state index in [4.69, 9.17) is 10.2 Å².